The molecular weight excluding hydrogens is 318 g/mol. The molecule has 0 unspecified atom stereocenters. The van der Waals surface area contributed by atoms with Crippen LogP contribution in [0.3, 0.4) is 0 Å². The van der Waals surface area contributed by atoms with Crippen molar-refractivity contribution < 1.29 is 19.0 Å². The molecule has 5 heteroatoms. The number of rotatable bonds is 10. The lowest BCUT2D eigenvalue weighted by atomic mass is 10.2. The van der Waals surface area contributed by atoms with Gasteiger partial charge >= 0.3 is 0 Å². The summed E-state index contributed by atoms with van der Waals surface area (Å²) in [7, 11) is 0. The van der Waals surface area contributed by atoms with E-state index in [-0.39, 0.29) is 12.5 Å². The highest BCUT2D eigenvalue weighted by Gasteiger charge is 2.08. The number of ether oxygens (including phenoxy) is 3. The maximum Gasteiger partial charge on any atom is 0.262 e. The Balaban J connectivity index is 1.84. The highest BCUT2D eigenvalue weighted by atomic mass is 16.5. The van der Waals surface area contributed by atoms with Gasteiger partial charge in [0.1, 0.15) is 18.1 Å². The average Bonchev–Trinajstić information content (AvgIpc) is 2.65. The first kappa shape index (κ1) is 18.8. The molecule has 0 aliphatic heterocycles. The third kappa shape index (κ3) is 6.47. The van der Waals surface area contributed by atoms with Crippen LogP contribution in [0.25, 0.3) is 0 Å². The molecule has 0 aliphatic rings. The standard InChI is InChI=1S/C20H25NO4/c1-3-16-9-11-17(12-10-16)25-15-20(22)21-18-7-5-6-8-19(18)24-14-13-23-4-2/h5-12H,3-4,13-15H2,1-2H3,(H,21,22). The van der Waals surface area contributed by atoms with Gasteiger partial charge in [0.15, 0.2) is 6.61 Å². The summed E-state index contributed by atoms with van der Waals surface area (Å²) in [5.41, 5.74) is 1.85. The highest BCUT2D eigenvalue weighted by Crippen LogP contribution is 2.23. The minimum atomic E-state index is -0.236. The van der Waals surface area contributed by atoms with Gasteiger partial charge in [0, 0.05) is 6.61 Å². The van der Waals surface area contributed by atoms with Crippen molar-refractivity contribution in [3.63, 3.8) is 0 Å². The molecule has 0 atom stereocenters. The maximum absolute atomic E-state index is 12.1. The van der Waals surface area contributed by atoms with E-state index in [1.54, 1.807) is 6.07 Å². The zero-order valence-electron chi connectivity index (χ0n) is 14.8. The molecular formula is C20H25NO4. The molecule has 2 rings (SSSR count). The fourth-order valence-corrected chi connectivity index (χ4v) is 2.21. The Morgan fingerprint density at radius 1 is 0.960 bits per heavy atom. The number of hydrogen-bond acceptors (Lipinski definition) is 4. The van der Waals surface area contributed by atoms with Crippen LogP contribution in [0, 0.1) is 0 Å². The van der Waals surface area contributed by atoms with Crippen LogP contribution < -0.4 is 14.8 Å². The molecule has 0 aromatic heterocycles. The van der Waals surface area contributed by atoms with E-state index in [1.807, 2.05) is 49.4 Å². The van der Waals surface area contributed by atoms with Crippen LogP contribution in [-0.2, 0) is 16.0 Å². The first-order chi connectivity index (χ1) is 12.2. The molecule has 0 bridgehead atoms. The van der Waals surface area contributed by atoms with Gasteiger partial charge < -0.3 is 19.5 Å². The van der Waals surface area contributed by atoms with E-state index >= 15 is 0 Å². The second-order valence-electron chi connectivity index (χ2n) is 5.38. The van der Waals surface area contributed by atoms with Crippen molar-refractivity contribution >= 4 is 11.6 Å². The number of nitrogens with one attached hydrogen (secondary N) is 1. The van der Waals surface area contributed by atoms with Crippen molar-refractivity contribution in [2.45, 2.75) is 20.3 Å². The Morgan fingerprint density at radius 2 is 1.72 bits per heavy atom. The van der Waals surface area contributed by atoms with E-state index < -0.39 is 0 Å². The molecule has 0 saturated carbocycles. The molecule has 0 saturated heterocycles. The fraction of sp³-hybridized carbons (Fsp3) is 0.350. The van der Waals surface area contributed by atoms with Gasteiger partial charge in [-0.1, -0.05) is 31.2 Å². The summed E-state index contributed by atoms with van der Waals surface area (Å²) < 4.78 is 16.4. The van der Waals surface area contributed by atoms with Crippen LogP contribution in [0.5, 0.6) is 11.5 Å². The van der Waals surface area contributed by atoms with Crippen LogP contribution in [0.2, 0.25) is 0 Å². The highest BCUT2D eigenvalue weighted by molar-refractivity contribution is 5.93. The third-order valence-corrected chi connectivity index (χ3v) is 3.55. The largest absolute Gasteiger partial charge is 0.489 e. The van der Waals surface area contributed by atoms with Crippen molar-refractivity contribution in [3.05, 3.63) is 54.1 Å². The number of anilines is 1. The minimum Gasteiger partial charge on any atom is -0.489 e. The van der Waals surface area contributed by atoms with Gasteiger partial charge in [0.2, 0.25) is 0 Å². The predicted octanol–water partition coefficient (Wildman–Crippen LogP) is 3.68. The molecule has 1 amide bonds. The van der Waals surface area contributed by atoms with Gasteiger partial charge in [0.25, 0.3) is 5.91 Å². The Labute approximate surface area is 148 Å². The zero-order valence-corrected chi connectivity index (χ0v) is 14.8. The van der Waals surface area contributed by atoms with Crippen LogP contribution >= 0.6 is 0 Å². The Kier molecular flexibility index (Phi) is 7.79. The van der Waals surface area contributed by atoms with Gasteiger partial charge in [-0.2, -0.15) is 0 Å². The Bertz CT molecular complexity index is 655. The van der Waals surface area contributed by atoms with E-state index in [0.29, 0.717) is 37.0 Å². The summed E-state index contributed by atoms with van der Waals surface area (Å²) in [4.78, 5) is 12.1. The molecule has 0 aliphatic carbocycles. The quantitative estimate of drug-likeness (QED) is 0.669. The number of hydrogen-bond donors (Lipinski definition) is 1. The van der Waals surface area contributed by atoms with E-state index in [2.05, 4.69) is 12.2 Å². The van der Waals surface area contributed by atoms with Crippen LogP contribution in [-0.4, -0.2) is 32.3 Å². The van der Waals surface area contributed by atoms with E-state index in [0.717, 1.165) is 6.42 Å². The number of amides is 1. The van der Waals surface area contributed by atoms with Crippen LogP contribution in [0.4, 0.5) is 5.69 Å². The molecule has 2 aromatic rings. The molecule has 5 nitrogen and oxygen atoms in total. The summed E-state index contributed by atoms with van der Waals surface area (Å²) in [6.07, 6.45) is 0.973. The normalized spacial score (nSPS) is 10.3. The predicted molar refractivity (Wildman–Crippen MR) is 98.4 cm³/mol. The molecule has 0 fully saturated rings. The van der Waals surface area contributed by atoms with Crippen LogP contribution in [0.15, 0.2) is 48.5 Å². The monoisotopic (exact) mass is 343 g/mol. The lowest BCUT2D eigenvalue weighted by Crippen LogP contribution is -2.20. The maximum atomic E-state index is 12.1. The summed E-state index contributed by atoms with van der Waals surface area (Å²) in [5.74, 6) is 1.05. The number of carbonyl (C=O) groups excluding carboxylic acids is 1. The SMILES string of the molecule is CCOCCOc1ccccc1NC(=O)COc1ccc(CC)cc1. The first-order valence-electron chi connectivity index (χ1n) is 8.54. The smallest absolute Gasteiger partial charge is 0.262 e. The van der Waals surface area contributed by atoms with Gasteiger partial charge in [-0.15, -0.1) is 0 Å². The molecule has 25 heavy (non-hydrogen) atoms. The zero-order chi connectivity index (χ0) is 17.9. The Hall–Kier alpha value is -2.53. The third-order valence-electron chi connectivity index (χ3n) is 3.55. The second-order valence-corrected chi connectivity index (χ2v) is 5.38. The lowest BCUT2D eigenvalue weighted by molar-refractivity contribution is -0.118. The summed E-state index contributed by atoms with van der Waals surface area (Å²) in [5, 5.41) is 2.81. The average molecular weight is 343 g/mol. The van der Waals surface area contributed by atoms with Crippen molar-refractivity contribution in [1.29, 1.82) is 0 Å². The van der Waals surface area contributed by atoms with Crippen LogP contribution in [0.1, 0.15) is 19.4 Å². The summed E-state index contributed by atoms with van der Waals surface area (Å²) in [6.45, 7) is 5.56. The number of carbonyl (C=O) groups is 1. The van der Waals surface area contributed by atoms with Crippen molar-refractivity contribution in [1.82, 2.24) is 0 Å². The van der Waals surface area contributed by atoms with Gasteiger partial charge in [-0.3, -0.25) is 4.79 Å². The Morgan fingerprint density at radius 3 is 2.44 bits per heavy atom. The minimum absolute atomic E-state index is 0.0568. The van der Waals surface area contributed by atoms with E-state index in [1.165, 1.54) is 5.56 Å². The first-order valence-corrected chi connectivity index (χ1v) is 8.54. The van der Waals surface area contributed by atoms with Gasteiger partial charge in [0.05, 0.1) is 12.3 Å². The second kappa shape index (κ2) is 10.4. The molecule has 0 heterocycles. The lowest BCUT2D eigenvalue weighted by Gasteiger charge is -2.13. The van der Waals surface area contributed by atoms with Crippen molar-refractivity contribution in [2.75, 3.05) is 31.7 Å². The topological polar surface area (TPSA) is 56.8 Å². The van der Waals surface area contributed by atoms with E-state index in [4.69, 9.17) is 14.2 Å². The number of aryl methyl sites for hydroxylation is 1. The molecule has 134 valence electrons. The molecule has 0 spiro atoms. The van der Waals surface area contributed by atoms with Crippen molar-refractivity contribution in [3.8, 4) is 11.5 Å². The van der Waals surface area contributed by atoms with Gasteiger partial charge in [-0.05, 0) is 43.2 Å². The summed E-state index contributed by atoms with van der Waals surface area (Å²) >= 11 is 0. The number of benzene rings is 2. The van der Waals surface area contributed by atoms with Gasteiger partial charge in [-0.25, -0.2) is 0 Å². The molecule has 0 radical (unpaired) electrons. The molecule has 2 aromatic carbocycles. The molecule has 1 N–H and O–H groups in total. The van der Waals surface area contributed by atoms with E-state index in [9.17, 15) is 4.79 Å². The fourth-order valence-electron chi connectivity index (χ4n) is 2.21. The number of para-hydroxylation sites is 2. The van der Waals surface area contributed by atoms with Crippen molar-refractivity contribution in [2.24, 2.45) is 0 Å². The summed E-state index contributed by atoms with van der Waals surface area (Å²) in [6, 6.07) is 15.0.